The van der Waals surface area contributed by atoms with Crippen LogP contribution in [0.1, 0.15) is 23.4 Å². The number of nitrogens with one attached hydrogen (secondary N) is 2. The van der Waals surface area contributed by atoms with Crippen molar-refractivity contribution in [3.05, 3.63) is 39.3 Å². The van der Waals surface area contributed by atoms with Crippen molar-refractivity contribution in [3.8, 4) is 0 Å². The molecule has 1 aromatic heterocycles. The Hall–Kier alpha value is -1.29. The first-order valence-corrected chi connectivity index (χ1v) is 10.6. The first-order valence-electron chi connectivity index (χ1n) is 7.48. The van der Waals surface area contributed by atoms with E-state index in [0.29, 0.717) is 5.13 Å². The van der Waals surface area contributed by atoms with Crippen molar-refractivity contribution < 1.29 is 13.2 Å². The van der Waals surface area contributed by atoms with E-state index in [4.69, 9.17) is 0 Å². The molecule has 0 atom stereocenters. The predicted molar refractivity (Wildman–Crippen MR) is 96.7 cm³/mol. The van der Waals surface area contributed by atoms with Gasteiger partial charge in [0.15, 0.2) is 5.13 Å². The number of carbonyl (C=O) groups is 1. The highest BCUT2D eigenvalue weighted by atomic mass is 79.9. The number of amides is 1. The molecule has 0 radical (unpaired) electrons. The van der Waals surface area contributed by atoms with E-state index in [0.717, 1.165) is 29.4 Å². The third-order valence-electron chi connectivity index (χ3n) is 3.61. The van der Waals surface area contributed by atoms with Crippen LogP contribution in [0, 0.1) is 0 Å². The number of sulfonamides is 1. The van der Waals surface area contributed by atoms with Gasteiger partial charge < -0.3 is 5.32 Å². The fourth-order valence-corrected chi connectivity index (χ4v) is 4.78. The fourth-order valence-electron chi connectivity index (χ4n) is 2.42. The van der Waals surface area contributed by atoms with E-state index in [1.807, 2.05) is 0 Å². The molecule has 1 aliphatic carbocycles. The smallest absolute Gasteiger partial charge is 0.240 e. The lowest BCUT2D eigenvalue weighted by atomic mass is 10.4. The normalized spacial score (nSPS) is 13.7. The van der Waals surface area contributed by atoms with Gasteiger partial charge in [0.05, 0.1) is 10.6 Å². The molecule has 0 saturated heterocycles. The molecule has 1 aliphatic rings. The largest absolute Gasteiger partial charge is 0.302 e. The minimum absolute atomic E-state index is 0.0370. The lowest BCUT2D eigenvalue weighted by Gasteiger charge is -2.06. The maximum atomic E-state index is 12.1. The molecule has 0 aliphatic heterocycles. The predicted octanol–water partition coefficient (Wildman–Crippen LogP) is 2.70. The average Bonchev–Trinajstić information content (AvgIpc) is 3.08. The Kier molecular flexibility index (Phi) is 5.33. The van der Waals surface area contributed by atoms with Crippen LogP contribution in [0.15, 0.2) is 33.6 Å². The summed E-state index contributed by atoms with van der Waals surface area (Å²) in [6, 6.07) is 6.32. The molecule has 2 N–H and O–H groups in total. The van der Waals surface area contributed by atoms with Crippen molar-refractivity contribution in [2.24, 2.45) is 0 Å². The number of aromatic nitrogens is 1. The zero-order valence-electron chi connectivity index (χ0n) is 12.7. The minimum Gasteiger partial charge on any atom is -0.302 e. The molecule has 2 aromatic rings. The summed E-state index contributed by atoms with van der Waals surface area (Å²) in [5.74, 6) is -0.249. The number of fused-ring (bicyclic) bond motifs is 1. The maximum absolute atomic E-state index is 12.1. The molecule has 0 bridgehead atoms. The average molecular weight is 430 g/mol. The lowest BCUT2D eigenvalue weighted by Crippen LogP contribution is -2.27. The molecular formula is C15H16BrN3O3S2. The molecule has 1 heterocycles. The number of thiazole rings is 1. The molecule has 0 saturated carbocycles. The van der Waals surface area contributed by atoms with Gasteiger partial charge in [-0.1, -0.05) is 15.9 Å². The van der Waals surface area contributed by atoms with Crippen LogP contribution in [0.25, 0.3) is 0 Å². The molecule has 1 amide bonds. The Labute approximate surface area is 152 Å². The molecule has 0 spiro atoms. The van der Waals surface area contributed by atoms with E-state index in [2.05, 4.69) is 31.0 Å². The van der Waals surface area contributed by atoms with Crippen LogP contribution >= 0.6 is 27.3 Å². The van der Waals surface area contributed by atoms with Gasteiger partial charge in [-0.15, -0.1) is 11.3 Å². The highest BCUT2D eigenvalue weighted by Gasteiger charge is 2.18. The number of anilines is 1. The van der Waals surface area contributed by atoms with Gasteiger partial charge in [-0.05, 0) is 43.5 Å². The molecule has 0 fully saturated rings. The van der Waals surface area contributed by atoms with Crippen LogP contribution in [0.4, 0.5) is 5.13 Å². The van der Waals surface area contributed by atoms with Crippen LogP contribution in [0.2, 0.25) is 0 Å². The van der Waals surface area contributed by atoms with Crippen LogP contribution < -0.4 is 10.0 Å². The monoisotopic (exact) mass is 429 g/mol. The van der Waals surface area contributed by atoms with E-state index in [9.17, 15) is 13.2 Å². The third kappa shape index (κ3) is 4.21. The summed E-state index contributed by atoms with van der Waals surface area (Å²) in [5, 5.41) is 3.33. The number of rotatable bonds is 6. The quantitative estimate of drug-likeness (QED) is 0.738. The molecule has 3 rings (SSSR count). The van der Waals surface area contributed by atoms with Gasteiger partial charge in [-0.25, -0.2) is 18.1 Å². The van der Waals surface area contributed by atoms with Gasteiger partial charge in [0.25, 0.3) is 0 Å². The summed E-state index contributed by atoms with van der Waals surface area (Å²) in [6.07, 6.45) is 3.17. The summed E-state index contributed by atoms with van der Waals surface area (Å²) >= 11 is 4.76. The lowest BCUT2D eigenvalue weighted by molar-refractivity contribution is -0.116. The van der Waals surface area contributed by atoms with E-state index >= 15 is 0 Å². The van der Waals surface area contributed by atoms with Crippen molar-refractivity contribution >= 4 is 48.3 Å². The Morgan fingerprint density at radius 1 is 1.25 bits per heavy atom. The summed E-state index contributed by atoms with van der Waals surface area (Å²) in [7, 11) is -3.61. The van der Waals surface area contributed by atoms with Crippen molar-refractivity contribution in [2.45, 2.75) is 30.6 Å². The Morgan fingerprint density at radius 2 is 2.00 bits per heavy atom. The second-order valence-electron chi connectivity index (χ2n) is 5.39. The van der Waals surface area contributed by atoms with Crippen LogP contribution in [0.3, 0.4) is 0 Å². The Morgan fingerprint density at radius 3 is 2.71 bits per heavy atom. The number of hydrogen-bond acceptors (Lipinski definition) is 5. The second kappa shape index (κ2) is 7.30. The van der Waals surface area contributed by atoms with Gasteiger partial charge in [0.1, 0.15) is 0 Å². The molecule has 9 heteroatoms. The number of benzene rings is 1. The van der Waals surface area contributed by atoms with E-state index in [1.165, 1.54) is 28.3 Å². The Bertz CT molecular complexity index is 826. The van der Waals surface area contributed by atoms with E-state index < -0.39 is 10.0 Å². The number of aryl methyl sites for hydroxylation is 2. The number of halogens is 1. The third-order valence-corrected chi connectivity index (χ3v) is 6.69. The molecule has 6 nitrogen and oxygen atoms in total. The van der Waals surface area contributed by atoms with Crippen molar-refractivity contribution in [1.82, 2.24) is 9.71 Å². The topological polar surface area (TPSA) is 88.2 Å². The van der Waals surface area contributed by atoms with Crippen LogP contribution in [-0.4, -0.2) is 25.9 Å². The standard InChI is InChI=1S/C15H16BrN3O3S2/c16-10-4-6-11(7-5-10)24(21,22)17-9-8-14(20)19-15-18-12-2-1-3-13(12)23-15/h4-7,17H,1-3,8-9H2,(H,18,19,20). The van der Waals surface area contributed by atoms with Crippen molar-refractivity contribution in [3.63, 3.8) is 0 Å². The van der Waals surface area contributed by atoms with Gasteiger partial charge in [-0.3, -0.25) is 4.79 Å². The van der Waals surface area contributed by atoms with Gasteiger partial charge in [0, 0.05) is 22.3 Å². The highest BCUT2D eigenvalue weighted by molar-refractivity contribution is 9.10. The number of carbonyl (C=O) groups excluding carboxylic acids is 1. The maximum Gasteiger partial charge on any atom is 0.240 e. The molecular weight excluding hydrogens is 414 g/mol. The van der Waals surface area contributed by atoms with Crippen LogP contribution in [-0.2, 0) is 27.7 Å². The molecule has 24 heavy (non-hydrogen) atoms. The van der Waals surface area contributed by atoms with Crippen molar-refractivity contribution in [1.29, 1.82) is 0 Å². The fraction of sp³-hybridized carbons (Fsp3) is 0.333. The number of hydrogen-bond donors (Lipinski definition) is 2. The van der Waals surface area contributed by atoms with E-state index in [1.54, 1.807) is 12.1 Å². The van der Waals surface area contributed by atoms with Gasteiger partial charge in [0.2, 0.25) is 15.9 Å². The molecule has 0 unspecified atom stereocenters. The summed E-state index contributed by atoms with van der Waals surface area (Å²) in [6.45, 7) is 0.0370. The number of nitrogens with zero attached hydrogens (tertiary/aromatic N) is 1. The SMILES string of the molecule is O=C(CCNS(=O)(=O)c1ccc(Br)cc1)Nc1nc2c(s1)CCC2. The van der Waals surface area contributed by atoms with Gasteiger partial charge >= 0.3 is 0 Å². The molecule has 128 valence electrons. The zero-order valence-corrected chi connectivity index (χ0v) is 15.9. The summed E-state index contributed by atoms with van der Waals surface area (Å²) in [4.78, 5) is 17.7. The molecule has 1 aromatic carbocycles. The first-order chi connectivity index (χ1) is 11.4. The first kappa shape index (κ1) is 17.5. The second-order valence-corrected chi connectivity index (χ2v) is 9.16. The Balaban J connectivity index is 1.50. The van der Waals surface area contributed by atoms with Crippen LogP contribution in [0.5, 0.6) is 0 Å². The highest BCUT2D eigenvalue weighted by Crippen LogP contribution is 2.30. The zero-order chi connectivity index (χ0) is 17.2. The van der Waals surface area contributed by atoms with Gasteiger partial charge in [-0.2, -0.15) is 0 Å². The van der Waals surface area contributed by atoms with Crippen molar-refractivity contribution in [2.75, 3.05) is 11.9 Å². The van der Waals surface area contributed by atoms with E-state index in [-0.39, 0.29) is 23.8 Å². The minimum atomic E-state index is -3.61. The summed E-state index contributed by atoms with van der Waals surface area (Å²) in [5.41, 5.74) is 1.08. The summed E-state index contributed by atoms with van der Waals surface area (Å²) < 4.78 is 27.5.